The zero-order valence-electron chi connectivity index (χ0n) is 17.2. The molecule has 2 fully saturated rings. The van der Waals surface area contributed by atoms with Gasteiger partial charge in [0.1, 0.15) is 0 Å². The average Bonchev–Trinajstić information content (AvgIpc) is 3.09. The Morgan fingerprint density at radius 3 is 2.54 bits per heavy atom. The number of ether oxygens (including phenoxy) is 1. The number of urea groups is 1. The average molecular weight is 383 g/mol. The molecule has 1 aromatic rings. The van der Waals surface area contributed by atoms with Crippen molar-refractivity contribution in [3.63, 3.8) is 0 Å². The number of amides is 3. The minimum atomic E-state index is -0.958. The zero-order chi connectivity index (χ0) is 20.1. The molecule has 0 radical (unpaired) electrons. The van der Waals surface area contributed by atoms with Crippen LogP contribution in [-0.2, 0) is 21.5 Å². The maximum Gasteiger partial charge on any atom is 0.325 e. The predicted molar refractivity (Wildman–Crippen MR) is 109 cm³/mol. The second-order valence-corrected chi connectivity index (χ2v) is 8.76. The quantitative estimate of drug-likeness (QED) is 0.804. The van der Waals surface area contributed by atoms with Crippen LogP contribution in [0.3, 0.4) is 0 Å². The summed E-state index contributed by atoms with van der Waals surface area (Å²) in [4.78, 5) is 28.2. The minimum absolute atomic E-state index is 0.0836. The number of hydrogen-bond donors (Lipinski definition) is 1. The summed E-state index contributed by atoms with van der Waals surface area (Å²) in [5.74, 6) is -0.0836. The van der Waals surface area contributed by atoms with Crippen LogP contribution in [0, 0.1) is 5.41 Å². The summed E-state index contributed by atoms with van der Waals surface area (Å²) in [6.07, 6.45) is 8.68. The molecule has 2 aliphatic carbocycles. The predicted octanol–water partition coefficient (Wildman–Crippen LogP) is 4.01. The third kappa shape index (κ3) is 2.48. The van der Waals surface area contributed by atoms with Crippen molar-refractivity contribution >= 4 is 18.0 Å². The summed E-state index contributed by atoms with van der Waals surface area (Å²) in [5.41, 5.74) is 1.99. The molecule has 1 aliphatic heterocycles. The lowest BCUT2D eigenvalue weighted by Crippen LogP contribution is -2.57. The van der Waals surface area contributed by atoms with Gasteiger partial charge in [0.15, 0.2) is 5.54 Å². The summed E-state index contributed by atoms with van der Waals surface area (Å²) in [6.45, 7) is 5.79. The number of hydrogen-bond acceptors (Lipinski definition) is 3. The molecule has 1 saturated heterocycles. The second-order valence-electron chi connectivity index (χ2n) is 8.76. The number of nitrogens with one attached hydrogen (secondary N) is 1. The summed E-state index contributed by atoms with van der Waals surface area (Å²) >= 11 is 0. The minimum Gasteiger partial charge on any atom is -0.381 e. The molecule has 0 bridgehead atoms. The number of fused-ring (bicyclic) bond motifs is 3. The summed E-state index contributed by atoms with van der Waals surface area (Å²) in [5, 5.41) is 3.20. The van der Waals surface area contributed by atoms with Crippen molar-refractivity contribution in [3.05, 3.63) is 41.0 Å². The van der Waals surface area contributed by atoms with Crippen LogP contribution in [0.15, 0.2) is 24.3 Å². The van der Waals surface area contributed by atoms with Crippen LogP contribution in [0.25, 0.3) is 6.08 Å². The van der Waals surface area contributed by atoms with E-state index in [2.05, 4.69) is 23.5 Å². The van der Waals surface area contributed by atoms with Crippen molar-refractivity contribution in [1.29, 1.82) is 0 Å². The molecule has 28 heavy (non-hydrogen) atoms. The van der Waals surface area contributed by atoms with Crippen LogP contribution >= 0.6 is 0 Å². The Hall–Kier alpha value is -2.14. The van der Waals surface area contributed by atoms with Gasteiger partial charge in [-0.15, -0.1) is 0 Å². The first-order valence-corrected chi connectivity index (χ1v) is 10.3. The van der Waals surface area contributed by atoms with Gasteiger partial charge in [-0.05, 0) is 75.6 Å². The van der Waals surface area contributed by atoms with Crippen molar-refractivity contribution in [2.24, 2.45) is 5.41 Å². The summed E-state index contributed by atoms with van der Waals surface area (Å²) < 4.78 is 5.59. The Morgan fingerprint density at radius 2 is 1.96 bits per heavy atom. The first kappa shape index (κ1) is 19.2. The molecule has 4 rings (SSSR count). The number of allylic oxidation sites excluding steroid dienone is 1. The van der Waals surface area contributed by atoms with Crippen LogP contribution in [0.1, 0.15) is 63.1 Å². The second kappa shape index (κ2) is 6.73. The topological polar surface area (TPSA) is 58.6 Å². The van der Waals surface area contributed by atoms with E-state index in [1.807, 2.05) is 32.9 Å². The molecule has 2 spiro atoms. The molecule has 5 nitrogen and oxygen atoms in total. The highest BCUT2D eigenvalue weighted by molar-refractivity contribution is 6.09. The van der Waals surface area contributed by atoms with Crippen molar-refractivity contribution in [3.8, 4) is 0 Å². The van der Waals surface area contributed by atoms with Crippen LogP contribution in [0.4, 0.5) is 4.79 Å². The third-order valence-corrected chi connectivity index (χ3v) is 7.01. The Bertz CT molecular complexity index is 836. The molecule has 1 N–H and O–H groups in total. The SMILES string of the molecule is C/C=C/c1ccc2c(c1)C1(NC(=O)N(C(C)C)C1=O)C1(CCC(OC)CC1)C2. The first-order valence-electron chi connectivity index (χ1n) is 10.3. The van der Waals surface area contributed by atoms with Crippen molar-refractivity contribution in [1.82, 2.24) is 10.2 Å². The van der Waals surface area contributed by atoms with E-state index in [-0.39, 0.29) is 29.5 Å². The van der Waals surface area contributed by atoms with Crippen LogP contribution < -0.4 is 5.32 Å². The molecule has 3 aliphatic rings. The number of carbonyl (C=O) groups is 2. The maximum absolute atomic E-state index is 13.8. The standard InChI is InChI=1S/C23H30N2O3/c1-5-6-16-7-8-17-14-22(11-9-18(28-4)10-12-22)23(19(17)13-16)20(26)25(15(2)3)21(27)24-23/h5-8,13,15,18H,9-12,14H2,1-4H3,(H,24,27)/b6-5+. The highest BCUT2D eigenvalue weighted by Crippen LogP contribution is 2.60. The van der Waals surface area contributed by atoms with Gasteiger partial charge in [0, 0.05) is 18.6 Å². The highest BCUT2D eigenvalue weighted by Gasteiger charge is 2.68. The van der Waals surface area contributed by atoms with Gasteiger partial charge in [-0.2, -0.15) is 0 Å². The van der Waals surface area contributed by atoms with Gasteiger partial charge in [0.05, 0.1) is 6.10 Å². The molecule has 3 amide bonds. The smallest absolute Gasteiger partial charge is 0.325 e. The molecule has 1 heterocycles. The van der Waals surface area contributed by atoms with Crippen molar-refractivity contribution in [2.45, 2.75) is 70.6 Å². The van der Waals surface area contributed by atoms with Crippen molar-refractivity contribution < 1.29 is 14.3 Å². The van der Waals surface area contributed by atoms with Gasteiger partial charge in [-0.25, -0.2) is 4.79 Å². The number of nitrogens with zero attached hydrogens (tertiary/aromatic N) is 1. The largest absolute Gasteiger partial charge is 0.381 e. The summed E-state index contributed by atoms with van der Waals surface area (Å²) in [7, 11) is 1.76. The van der Waals surface area contributed by atoms with Gasteiger partial charge in [-0.3, -0.25) is 9.69 Å². The van der Waals surface area contributed by atoms with Crippen molar-refractivity contribution in [2.75, 3.05) is 7.11 Å². The van der Waals surface area contributed by atoms with Crippen LogP contribution in [-0.4, -0.2) is 36.1 Å². The monoisotopic (exact) mass is 382 g/mol. The number of carbonyl (C=O) groups excluding carboxylic acids is 2. The van der Waals surface area contributed by atoms with Crippen LogP contribution in [0.5, 0.6) is 0 Å². The number of benzene rings is 1. The number of rotatable bonds is 3. The van der Waals surface area contributed by atoms with E-state index in [0.29, 0.717) is 0 Å². The third-order valence-electron chi connectivity index (χ3n) is 7.01. The molecule has 150 valence electrons. The fourth-order valence-corrected chi connectivity index (χ4v) is 5.67. The van der Waals surface area contributed by atoms with E-state index < -0.39 is 5.54 Å². The molecular weight excluding hydrogens is 352 g/mol. The lowest BCUT2D eigenvalue weighted by molar-refractivity contribution is -0.139. The molecule has 1 aromatic carbocycles. The normalized spacial score (nSPS) is 32.2. The van der Waals surface area contributed by atoms with Gasteiger partial charge < -0.3 is 10.1 Å². The van der Waals surface area contributed by atoms with E-state index in [4.69, 9.17) is 4.74 Å². The molecule has 1 saturated carbocycles. The van der Waals surface area contributed by atoms with E-state index >= 15 is 0 Å². The lowest BCUT2D eigenvalue weighted by Gasteiger charge is -2.46. The maximum atomic E-state index is 13.8. The van der Waals surface area contributed by atoms with Crippen LogP contribution in [0.2, 0.25) is 0 Å². The number of imide groups is 1. The fraction of sp³-hybridized carbons (Fsp3) is 0.565. The van der Waals surface area contributed by atoms with Gasteiger partial charge in [0.25, 0.3) is 5.91 Å². The van der Waals surface area contributed by atoms with E-state index in [1.54, 1.807) is 7.11 Å². The molecule has 5 heteroatoms. The summed E-state index contributed by atoms with van der Waals surface area (Å²) in [6, 6.07) is 5.92. The van der Waals surface area contributed by atoms with Gasteiger partial charge in [0.2, 0.25) is 0 Å². The first-order chi connectivity index (χ1) is 13.4. The van der Waals surface area contributed by atoms with E-state index in [1.165, 1.54) is 10.5 Å². The Kier molecular flexibility index (Phi) is 4.61. The Labute approximate surface area is 167 Å². The van der Waals surface area contributed by atoms with Gasteiger partial charge >= 0.3 is 6.03 Å². The molecule has 1 unspecified atom stereocenters. The Morgan fingerprint density at radius 1 is 1.25 bits per heavy atom. The zero-order valence-corrected chi connectivity index (χ0v) is 17.2. The molecule has 0 aromatic heterocycles. The fourth-order valence-electron chi connectivity index (χ4n) is 5.67. The molecular formula is C23H30N2O3. The van der Waals surface area contributed by atoms with Gasteiger partial charge in [-0.1, -0.05) is 24.3 Å². The van der Waals surface area contributed by atoms with E-state index in [0.717, 1.165) is 43.2 Å². The molecule has 1 atom stereocenters. The highest BCUT2D eigenvalue weighted by atomic mass is 16.5. The Balaban J connectivity index is 1.88. The number of methoxy groups -OCH3 is 1. The lowest BCUT2D eigenvalue weighted by atomic mass is 9.61. The van der Waals surface area contributed by atoms with E-state index in [9.17, 15) is 9.59 Å².